The van der Waals surface area contributed by atoms with Crippen LogP contribution in [0.25, 0.3) is 0 Å². The molecular weight excluding hydrogens is 320 g/mol. The summed E-state index contributed by atoms with van der Waals surface area (Å²) in [7, 11) is -4.01. The molecule has 3 rings (SSSR count). The van der Waals surface area contributed by atoms with Gasteiger partial charge in [-0.05, 0) is 31.0 Å². The lowest BCUT2D eigenvalue weighted by Gasteiger charge is -2.37. The normalized spacial score (nSPS) is 22.8. The van der Waals surface area contributed by atoms with Crippen molar-refractivity contribution in [2.75, 3.05) is 25.4 Å². The van der Waals surface area contributed by atoms with Gasteiger partial charge in [-0.25, -0.2) is 17.2 Å². The van der Waals surface area contributed by atoms with Crippen LogP contribution in [0, 0.1) is 11.6 Å². The fourth-order valence-electron chi connectivity index (χ4n) is 2.67. The Morgan fingerprint density at radius 1 is 1.24 bits per heavy atom. The van der Waals surface area contributed by atoms with Crippen molar-refractivity contribution in [1.29, 1.82) is 0 Å². The number of piperidine rings is 1. The van der Waals surface area contributed by atoms with Gasteiger partial charge in [-0.1, -0.05) is 0 Å². The van der Waals surface area contributed by atoms with Crippen molar-refractivity contribution >= 4 is 21.8 Å². The third-order valence-corrected chi connectivity index (χ3v) is 7.15. The Balaban J connectivity index is 1.82. The maximum atomic E-state index is 13.7. The summed E-state index contributed by atoms with van der Waals surface area (Å²) in [4.78, 5) is -0.898. The number of thioether (sulfide) groups is 1. The fourth-order valence-corrected chi connectivity index (χ4v) is 5.36. The van der Waals surface area contributed by atoms with Crippen LogP contribution in [-0.2, 0) is 14.8 Å². The molecule has 8 heteroatoms. The highest BCUT2D eigenvalue weighted by Gasteiger charge is 2.42. The second-order valence-corrected chi connectivity index (χ2v) is 8.43. The molecule has 116 valence electrons. The van der Waals surface area contributed by atoms with Crippen LogP contribution in [0.4, 0.5) is 8.78 Å². The highest BCUT2D eigenvalue weighted by atomic mass is 32.2. The summed E-state index contributed by atoms with van der Waals surface area (Å²) in [5.74, 6) is -0.785. The van der Waals surface area contributed by atoms with E-state index in [2.05, 4.69) is 0 Å². The Labute approximate surface area is 126 Å². The topological polar surface area (TPSA) is 46.6 Å². The third-order valence-electron chi connectivity index (χ3n) is 3.81. The molecule has 0 radical (unpaired) electrons. The zero-order chi connectivity index (χ0) is 15.1. The van der Waals surface area contributed by atoms with Crippen molar-refractivity contribution in [3.63, 3.8) is 0 Å². The van der Waals surface area contributed by atoms with E-state index in [-0.39, 0.29) is 18.0 Å². The van der Waals surface area contributed by atoms with Gasteiger partial charge >= 0.3 is 0 Å². The number of hydrogen-bond donors (Lipinski definition) is 0. The fraction of sp³-hybridized carbons (Fsp3) is 0.538. The molecule has 0 aromatic heterocycles. The van der Waals surface area contributed by atoms with E-state index in [1.54, 1.807) is 11.8 Å². The standard InChI is InChI=1S/C13H15F2NO3S2/c14-10-1-2-11(15)12(9-10)21(17,18)16-5-3-13(4-6-16)19-7-8-20-13/h1-2,9H,3-8H2. The quantitative estimate of drug-likeness (QED) is 0.831. The SMILES string of the molecule is O=S(=O)(c1cc(F)ccc1F)N1CCC2(CC1)OCCS2. The van der Waals surface area contributed by atoms with Gasteiger partial charge in [-0.3, -0.25) is 0 Å². The van der Waals surface area contributed by atoms with E-state index in [0.717, 1.165) is 24.0 Å². The van der Waals surface area contributed by atoms with Crippen LogP contribution in [0.15, 0.2) is 23.1 Å². The molecule has 0 saturated carbocycles. The van der Waals surface area contributed by atoms with Gasteiger partial charge < -0.3 is 4.74 Å². The molecule has 4 nitrogen and oxygen atoms in total. The molecular formula is C13H15F2NO3S2. The third kappa shape index (κ3) is 2.81. The summed E-state index contributed by atoms with van der Waals surface area (Å²) >= 11 is 1.70. The molecule has 0 amide bonds. The van der Waals surface area contributed by atoms with Crippen LogP contribution < -0.4 is 0 Å². The molecule has 1 spiro atoms. The number of halogens is 2. The van der Waals surface area contributed by atoms with E-state index >= 15 is 0 Å². The zero-order valence-corrected chi connectivity index (χ0v) is 12.9. The second kappa shape index (κ2) is 5.49. The summed E-state index contributed by atoms with van der Waals surface area (Å²) in [6.45, 7) is 1.19. The predicted octanol–water partition coefficient (Wildman–Crippen LogP) is 2.21. The molecule has 1 aromatic rings. The minimum Gasteiger partial charge on any atom is -0.363 e. The van der Waals surface area contributed by atoms with E-state index < -0.39 is 26.6 Å². The molecule has 2 saturated heterocycles. The number of ether oxygens (including phenoxy) is 1. The Morgan fingerprint density at radius 3 is 2.57 bits per heavy atom. The smallest absolute Gasteiger partial charge is 0.246 e. The number of nitrogens with zero attached hydrogens (tertiary/aromatic N) is 1. The van der Waals surface area contributed by atoms with Crippen LogP contribution in [0.1, 0.15) is 12.8 Å². The van der Waals surface area contributed by atoms with Gasteiger partial charge in [0.25, 0.3) is 0 Å². The van der Waals surface area contributed by atoms with E-state index in [4.69, 9.17) is 4.74 Å². The molecule has 0 N–H and O–H groups in total. The Kier molecular flexibility index (Phi) is 3.98. The number of rotatable bonds is 2. The van der Waals surface area contributed by atoms with Crippen molar-refractivity contribution in [2.45, 2.75) is 22.7 Å². The van der Waals surface area contributed by atoms with Crippen molar-refractivity contribution in [3.8, 4) is 0 Å². The summed E-state index contributed by atoms with van der Waals surface area (Å²) in [5, 5.41) is 0. The van der Waals surface area contributed by atoms with Crippen LogP contribution in [0.3, 0.4) is 0 Å². The van der Waals surface area contributed by atoms with Crippen LogP contribution >= 0.6 is 11.8 Å². The molecule has 1 aromatic carbocycles. The molecule has 2 heterocycles. The Bertz CT molecular complexity index is 635. The summed E-state index contributed by atoms with van der Waals surface area (Å²) in [5.41, 5.74) is 0. The second-order valence-electron chi connectivity index (χ2n) is 5.09. The molecule has 21 heavy (non-hydrogen) atoms. The van der Waals surface area contributed by atoms with Crippen LogP contribution in [0.2, 0.25) is 0 Å². The molecule has 2 aliphatic rings. The summed E-state index contributed by atoms with van der Waals surface area (Å²) in [6, 6.07) is 2.47. The Hall–Kier alpha value is -0.700. The van der Waals surface area contributed by atoms with E-state index in [0.29, 0.717) is 19.4 Å². The number of hydrogen-bond acceptors (Lipinski definition) is 4. The van der Waals surface area contributed by atoms with Gasteiger partial charge in [0.1, 0.15) is 21.5 Å². The maximum absolute atomic E-state index is 13.7. The molecule has 0 unspecified atom stereocenters. The van der Waals surface area contributed by atoms with Gasteiger partial charge in [-0.15, -0.1) is 11.8 Å². The first-order valence-corrected chi connectivity index (χ1v) is 9.09. The highest BCUT2D eigenvalue weighted by Crippen LogP contribution is 2.42. The predicted molar refractivity (Wildman–Crippen MR) is 75.5 cm³/mol. The number of benzene rings is 1. The van der Waals surface area contributed by atoms with Crippen molar-refractivity contribution in [1.82, 2.24) is 4.31 Å². The molecule has 2 aliphatic heterocycles. The largest absolute Gasteiger partial charge is 0.363 e. The first-order chi connectivity index (χ1) is 9.93. The van der Waals surface area contributed by atoms with Gasteiger partial charge in [-0.2, -0.15) is 4.31 Å². The van der Waals surface area contributed by atoms with Gasteiger partial charge in [0.15, 0.2) is 0 Å². The lowest BCUT2D eigenvalue weighted by Crippen LogP contribution is -2.45. The molecule has 0 aliphatic carbocycles. The minimum atomic E-state index is -4.01. The van der Waals surface area contributed by atoms with Gasteiger partial charge in [0.05, 0.1) is 6.61 Å². The average molecular weight is 335 g/mol. The molecule has 2 fully saturated rings. The number of sulfonamides is 1. The van der Waals surface area contributed by atoms with Crippen molar-refractivity contribution in [2.24, 2.45) is 0 Å². The Morgan fingerprint density at radius 2 is 1.95 bits per heavy atom. The van der Waals surface area contributed by atoms with Crippen molar-refractivity contribution < 1.29 is 21.9 Å². The van der Waals surface area contributed by atoms with Crippen molar-refractivity contribution in [3.05, 3.63) is 29.8 Å². The molecule has 0 atom stereocenters. The monoisotopic (exact) mass is 335 g/mol. The van der Waals surface area contributed by atoms with Gasteiger partial charge in [0.2, 0.25) is 10.0 Å². The van der Waals surface area contributed by atoms with Gasteiger partial charge in [0, 0.05) is 18.8 Å². The van der Waals surface area contributed by atoms with E-state index in [9.17, 15) is 17.2 Å². The lowest BCUT2D eigenvalue weighted by molar-refractivity contribution is 0.0161. The van der Waals surface area contributed by atoms with E-state index in [1.165, 1.54) is 4.31 Å². The van der Waals surface area contributed by atoms with Crippen LogP contribution in [-0.4, -0.2) is 43.1 Å². The van der Waals surface area contributed by atoms with E-state index in [1.807, 2.05) is 0 Å². The average Bonchev–Trinajstić information content (AvgIpc) is 2.90. The first kappa shape index (κ1) is 15.2. The minimum absolute atomic E-state index is 0.255. The summed E-state index contributed by atoms with van der Waals surface area (Å²) < 4.78 is 58.7. The molecule has 0 bridgehead atoms. The first-order valence-electron chi connectivity index (χ1n) is 6.66. The van der Waals surface area contributed by atoms with Crippen LogP contribution in [0.5, 0.6) is 0 Å². The zero-order valence-electron chi connectivity index (χ0n) is 11.2. The maximum Gasteiger partial charge on any atom is 0.246 e. The summed E-state index contributed by atoms with van der Waals surface area (Å²) in [6.07, 6.45) is 1.13. The highest BCUT2D eigenvalue weighted by molar-refractivity contribution is 8.00. The lowest BCUT2D eigenvalue weighted by atomic mass is 10.1.